The molecule has 0 nitrogen and oxygen atoms in total. The molecule has 1 rings (SSSR count). The summed E-state index contributed by atoms with van der Waals surface area (Å²) in [4.78, 5) is 0. The topological polar surface area (TPSA) is 0 Å². The maximum atomic E-state index is 2.00. The summed E-state index contributed by atoms with van der Waals surface area (Å²) >= 11 is 0. The van der Waals surface area contributed by atoms with Crippen LogP contribution in [0.3, 0.4) is 0 Å². The van der Waals surface area contributed by atoms with E-state index in [1.54, 1.807) is 0 Å². The predicted molar refractivity (Wildman–Crippen MR) is 70.6 cm³/mol. The Labute approximate surface area is 89.1 Å². The SMILES string of the molecule is C.C.C1CCCC1.CC.CC.CC. The maximum absolute atomic E-state index is 2.00. The number of rotatable bonds is 0. The van der Waals surface area contributed by atoms with Crippen LogP contribution >= 0.6 is 0 Å². The van der Waals surface area contributed by atoms with Gasteiger partial charge in [-0.3, -0.25) is 0 Å². The molecule has 0 aromatic rings. The van der Waals surface area contributed by atoms with Gasteiger partial charge in [0.25, 0.3) is 0 Å². The number of hydrogen-bond acceptors (Lipinski definition) is 0. The van der Waals surface area contributed by atoms with Crippen molar-refractivity contribution in [2.75, 3.05) is 0 Å². The Morgan fingerprint density at radius 3 is 0.538 bits per heavy atom. The molecule has 0 spiro atoms. The number of hydrogen-bond donors (Lipinski definition) is 0. The normalized spacial score (nSPS) is 10.6. The monoisotopic (exact) mass is 192 g/mol. The second-order valence-electron chi connectivity index (χ2n) is 1.77. The molecule has 88 valence electrons. The van der Waals surface area contributed by atoms with E-state index < -0.39 is 0 Å². The summed E-state index contributed by atoms with van der Waals surface area (Å²) in [5.74, 6) is 0. The van der Waals surface area contributed by atoms with Crippen molar-refractivity contribution in [3.05, 3.63) is 0 Å². The van der Waals surface area contributed by atoms with Gasteiger partial charge < -0.3 is 0 Å². The summed E-state index contributed by atoms with van der Waals surface area (Å²) in [7, 11) is 0. The van der Waals surface area contributed by atoms with Crippen LogP contribution in [-0.4, -0.2) is 0 Å². The van der Waals surface area contributed by atoms with Crippen LogP contribution < -0.4 is 0 Å². The van der Waals surface area contributed by atoms with E-state index >= 15 is 0 Å². The van der Waals surface area contributed by atoms with E-state index in [-0.39, 0.29) is 14.9 Å². The summed E-state index contributed by atoms with van der Waals surface area (Å²) in [6, 6.07) is 0. The maximum Gasteiger partial charge on any atom is -0.0533 e. The molecule has 0 aromatic heterocycles. The van der Waals surface area contributed by atoms with Crippen molar-refractivity contribution in [3.8, 4) is 0 Å². The Bertz CT molecular complexity index is 11.6. The van der Waals surface area contributed by atoms with Gasteiger partial charge in [0.2, 0.25) is 0 Å². The average Bonchev–Trinajstić information content (AvgIpc) is 2.71. The van der Waals surface area contributed by atoms with Crippen LogP contribution in [0.2, 0.25) is 0 Å². The fourth-order valence-corrected chi connectivity index (χ4v) is 0.884. The van der Waals surface area contributed by atoms with Gasteiger partial charge in [0, 0.05) is 0 Å². The van der Waals surface area contributed by atoms with E-state index in [1.807, 2.05) is 41.5 Å². The largest absolute Gasteiger partial charge is 0.0776 e. The lowest BCUT2D eigenvalue weighted by Crippen LogP contribution is -1.47. The van der Waals surface area contributed by atoms with Crippen molar-refractivity contribution in [1.29, 1.82) is 0 Å². The van der Waals surface area contributed by atoms with Crippen LogP contribution in [0.25, 0.3) is 0 Å². The van der Waals surface area contributed by atoms with Gasteiger partial charge in [0.15, 0.2) is 0 Å². The molecular formula is C13H36. The zero-order valence-corrected chi connectivity index (χ0v) is 9.54. The van der Waals surface area contributed by atoms with Gasteiger partial charge in [-0.05, 0) is 0 Å². The van der Waals surface area contributed by atoms with Crippen molar-refractivity contribution in [1.82, 2.24) is 0 Å². The quantitative estimate of drug-likeness (QED) is 0.422. The molecule has 0 atom stereocenters. The first-order chi connectivity index (χ1) is 5.50. The van der Waals surface area contributed by atoms with Crippen molar-refractivity contribution in [2.24, 2.45) is 0 Å². The fraction of sp³-hybridized carbons (Fsp3) is 1.00. The molecule has 0 amide bonds. The minimum Gasteiger partial charge on any atom is -0.0776 e. The highest BCUT2D eigenvalue weighted by Gasteiger charge is 1.95. The lowest BCUT2D eigenvalue weighted by atomic mass is 10.4. The molecule has 0 bridgehead atoms. The Kier molecular flexibility index (Phi) is 131. The van der Waals surface area contributed by atoms with Crippen molar-refractivity contribution in [3.63, 3.8) is 0 Å². The van der Waals surface area contributed by atoms with Crippen LogP contribution in [-0.2, 0) is 0 Å². The highest BCUT2D eigenvalue weighted by atomic mass is 14.0. The molecule has 1 saturated carbocycles. The van der Waals surface area contributed by atoms with E-state index in [4.69, 9.17) is 0 Å². The lowest BCUT2D eigenvalue weighted by molar-refractivity contribution is 0.886. The van der Waals surface area contributed by atoms with E-state index in [2.05, 4.69) is 0 Å². The van der Waals surface area contributed by atoms with Crippen molar-refractivity contribution < 1.29 is 0 Å². The van der Waals surface area contributed by atoms with Gasteiger partial charge in [-0.2, -0.15) is 0 Å². The smallest absolute Gasteiger partial charge is 0.0533 e. The molecule has 0 unspecified atom stereocenters. The Balaban J connectivity index is -0.0000000239. The van der Waals surface area contributed by atoms with E-state index in [9.17, 15) is 0 Å². The minimum atomic E-state index is 0. The van der Waals surface area contributed by atoms with E-state index in [0.29, 0.717) is 0 Å². The Morgan fingerprint density at radius 2 is 0.462 bits per heavy atom. The third kappa shape index (κ3) is 48.0. The van der Waals surface area contributed by atoms with Gasteiger partial charge in [-0.15, -0.1) is 0 Å². The van der Waals surface area contributed by atoms with Gasteiger partial charge >= 0.3 is 0 Å². The van der Waals surface area contributed by atoms with E-state index in [1.165, 1.54) is 32.1 Å². The molecule has 0 aromatic carbocycles. The first-order valence-electron chi connectivity index (χ1n) is 5.50. The molecule has 1 aliphatic rings. The molecule has 1 aliphatic carbocycles. The summed E-state index contributed by atoms with van der Waals surface area (Å²) in [5.41, 5.74) is 0. The molecule has 1 fully saturated rings. The molecule has 0 saturated heterocycles. The summed E-state index contributed by atoms with van der Waals surface area (Å²) in [6.45, 7) is 12.0. The summed E-state index contributed by atoms with van der Waals surface area (Å²) in [5, 5.41) is 0. The second-order valence-corrected chi connectivity index (χ2v) is 1.77. The first-order valence-corrected chi connectivity index (χ1v) is 5.50. The third-order valence-electron chi connectivity index (χ3n) is 1.25. The highest BCUT2D eigenvalue weighted by Crippen LogP contribution is 2.15. The summed E-state index contributed by atoms with van der Waals surface area (Å²) < 4.78 is 0. The predicted octanol–water partition coefficient (Wildman–Crippen LogP) is 6.30. The van der Waals surface area contributed by atoms with Gasteiger partial charge in [-0.1, -0.05) is 88.5 Å². The summed E-state index contributed by atoms with van der Waals surface area (Å²) in [6.07, 6.45) is 7.50. The molecule has 0 heterocycles. The minimum absolute atomic E-state index is 0. The van der Waals surface area contributed by atoms with Crippen LogP contribution in [0.1, 0.15) is 88.5 Å². The fourth-order valence-electron chi connectivity index (χ4n) is 0.884. The standard InChI is InChI=1S/C5H10.3C2H6.2CH4/c1-2-4-5-3-1;3*1-2;;/h1-5H2;3*1-2H3;2*1H4. The van der Waals surface area contributed by atoms with Gasteiger partial charge in [0.05, 0.1) is 0 Å². The van der Waals surface area contributed by atoms with Crippen LogP contribution in [0.15, 0.2) is 0 Å². The zero-order chi connectivity index (χ0) is 9.54. The zero-order valence-electron chi connectivity index (χ0n) is 9.54. The van der Waals surface area contributed by atoms with Gasteiger partial charge in [-0.25, -0.2) is 0 Å². The van der Waals surface area contributed by atoms with Crippen LogP contribution in [0.5, 0.6) is 0 Å². The first kappa shape index (κ1) is 29.2. The molecule has 0 heteroatoms. The second kappa shape index (κ2) is 58.1. The molecule has 0 aliphatic heterocycles. The Morgan fingerprint density at radius 1 is 0.385 bits per heavy atom. The van der Waals surface area contributed by atoms with E-state index in [0.717, 1.165) is 0 Å². The molecule has 0 N–H and O–H groups in total. The molecule has 0 radical (unpaired) electrons. The average molecular weight is 192 g/mol. The van der Waals surface area contributed by atoms with Crippen LogP contribution in [0.4, 0.5) is 0 Å². The lowest BCUT2D eigenvalue weighted by Gasteiger charge is -1.67. The molecule has 13 heavy (non-hydrogen) atoms. The Hall–Kier alpha value is 0. The van der Waals surface area contributed by atoms with Crippen molar-refractivity contribution >= 4 is 0 Å². The third-order valence-corrected chi connectivity index (χ3v) is 1.25. The van der Waals surface area contributed by atoms with Crippen molar-refractivity contribution in [2.45, 2.75) is 88.5 Å². The van der Waals surface area contributed by atoms with Gasteiger partial charge in [0.1, 0.15) is 0 Å². The highest BCUT2D eigenvalue weighted by molar-refractivity contribution is 4.51. The molecular weight excluding hydrogens is 156 g/mol. The van der Waals surface area contributed by atoms with Crippen LogP contribution in [0, 0.1) is 0 Å².